The van der Waals surface area contributed by atoms with Crippen LogP contribution in [0.3, 0.4) is 0 Å². The van der Waals surface area contributed by atoms with Crippen LogP contribution in [-0.2, 0) is 14.8 Å². The first-order chi connectivity index (χ1) is 15.3. The van der Waals surface area contributed by atoms with Gasteiger partial charge in [-0.05, 0) is 42.5 Å². The van der Waals surface area contributed by atoms with Gasteiger partial charge in [0.25, 0.3) is 10.0 Å². The molecule has 0 aliphatic rings. The maximum absolute atomic E-state index is 13.3. The molecule has 32 heavy (non-hydrogen) atoms. The van der Waals surface area contributed by atoms with Crippen LogP contribution in [0.25, 0.3) is 0 Å². The zero-order chi connectivity index (χ0) is 23.1. The van der Waals surface area contributed by atoms with Crippen molar-refractivity contribution >= 4 is 56.4 Å². The Bertz CT molecular complexity index is 1170. The maximum atomic E-state index is 13.3. The molecule has 3 aromatic carbocycles. The van der Waals surface area contributed by atoms with Crippen LogP contribution in [0.1, 0.15) is 0 Å². The third-order valence-corrected chi connectivity index (χ3v) is 6.81. The Morgan fingerprint density at radius 2 is 1.53 bits per heavy atom. The van der Waals surface area contributed by atoms with Crippen LogP contribution in [0, 0.1) is 0 Å². The van der Waals surface area contributed by atoms with Gasteiger partial charge in [0.15, 0.2) is 0 Å². The molecule has 0 aliphatic carbocycles. The van der Waals surface area contributed by atoms with E-state index in [9.17, 15) is 13.2 Å². The topological polar surface area (TPSA) is 75.7 Å². The largest absolute Gasteiger partial charge is 0.490 e. The summed E-state index contributed by atoms with van der Waals surface area (Å²) in [5.41, 5.74) is 0.175. The predicted molar refractivity (Wildman–Crippen MR) is 127 cm³/mol. The molecule has 168 valence electrons. The second-order valence-corrected chi connectivity index (χ2v) is 9.72. The Morgan fingerprint density at radius 3 is 2.19 bits per heavy atom. The number of rotatable bonds is 9. The molecule has 3 aromatic rings. The SMILES string of the molecule is O=C(CN(c1cc(Cl)cc(Cl)c1)S(=O)(=O)c1ccccc1)NCCOc1ccccc1Cl. The normalized spacial score (nSPS) is 11.1. The van der Waals surface area contributed by atoms with Crippen molar-refractivity contribution in [3.8, 4) is 5.75 Å². The molecule has 0 unspecified atom stereocenters. The van der Waals surface area contributed by atoms with E-state index in [0.717, 1.165) is 4.31 Å². The van der Waals surface area contributed by atoms with E-state index in [0.29, 0.717) is 10.8 Å². The van der Waals surface area contributed by atoms with Crippen LogP contribution in [-0.4, -0.2) is 34.0 Å². The van der Waals surface area contributed by atoms with Crippen molar-refractivity contribution in [3.63, 3.8) is 0 Å². The number of amides is 1. The number of halogens is 3. The standard InChI is InChI=1S/C22H19Cl3N2O4S/c23-16-12-17(24)14-18(13-16)27(32(29,30)19-6-2-1-3-7-19)15-22(28)26-10-11-31-21-9-5-4-8-20(21)25/h1-9,12-14H,10-11,15H2,(H,26,28). The van der Waals surface area contributed by atoms with Crippen LogP contribution in [0.2, 0.25) is 15.1 Å². The van der Waals surface area contributed by atoms with Crippen molar-refractivity contribution in [3.05, 3.63) is 87.9 Å². The van der Waals surface area contributed by atoms with Gasteiger partial charge in [-0.3, -0.25) is 9.10 Å². The van der Waals surface area contributed by atoms with Crippen LogP contribution in [0.15, 0.2) is 77.7 Å². The molecule has 0 spiro atoms. The van der Waals surface area contributed by atoms with Crippen molar-refractivity contribution in [2.75, 3.05) is 24.0 Å². The lowest BCUT2D eigenvalue weighted by Gasteiger charge is -2.24. The fraction of sp³-hybridized carbons (Fsp3) is 0.136. The summed E-state index contributed by atoms with van der Waals surface area (Å²) in [7, 11) is -4.06. The smallest absolute Gasteiger partial charge is 0.264 e. The fourth-order valence-electron chi connectivity index (χ4n) is 2.82. The van der Waals surface area contributed by atoms with E-state index < -0.39 is 22.5 Å². The van der Waals surface area contributed by atoms with Crippen LogP contribution in [0.5, 0.6) is 5.75 Å². The Morgan fingerprint density at radius 1 is 0.906 bits per heavy atom. The van der Waals surface area contributed by atoms with E-state index in [-0.39, 0.29) is 33.8 Å². The Kier molecular flexibility index (Phi) is 8.26. The summed E-state index contributed by atoms with van der Waals surface area (Å²) in [6.07, 6.45) is 0. The zero-order valence-electron chi connectivity index (χ0n) is 16.7. The van der Waals surface area contributed by atoms with Crippen molar-refractivity contribution in [2.24, 2.45) is 0 Å². The minimum absolute atomic E-state index is 0.0333. The molecule has 1 N–H and O–H groups in total. The lowest BCUT2D eigenvalue weighted by molar-refractivity contribution is -0.119. The first kappa shape index (κ1) is 24.2. The molecule has 3 rings (SSSR count). The first-order valence-electron chi connectivity index (χ1n) is 9.45. The molecule has 0 heterocycles. The molecular formula is C22H19Cl3N2O4S. The number of sulfonamides is 1. The molecule has 0 bridgehead atoms. The van der Waals surface area contributed by atoms with Crippen molar-refractivity contribution in [1.82, 2.24) is 5.32 Å². The quantitative estimate of drug-likeness (QED) is 0.407. The molecule has 0 radical (unpaired) electrons. The number of hydrogen-bond donors (Lipinski definition) is 1. The summed E-state index contributed by atoms with van der Waals surface area (Å²) >= 11 is 18.2. The fourth-order valence-corrected chi connectivity index (χ4v) is 4.95. The van der Waals surface area contributed by atoms with E-state index in [4.69, 9.17) is 39.5 Å². The lowest BCUT2D eigenvalue weighted by Crippen LogP contribution is -2.42. The van der Waals surface area contributed by atoms with E-state index >= 15 is 0 Å². The highest BCUT2D eigenvalue weighted by Crippen LogP contribution is 2.29. The van der Waals surface area contributed by atoms with Gasteiger partial charge in [-0.1, -0.05) is 65.1 Å². The number of ether oxygens (including phenoxy) is 1. The van der Waals surface area contributed by atoms with E-state index in [1.165, 1.54) is 30.3 Å². The highest BCUT2D eigenvalue weighted by Gasteiger charge is 2.27. The molecule has 1 amide bonds. The minimum atomic E-state index is -4.06. The van der Waals surface area contributed by atoms with Gasteiger partial charge in [0.2, 0.25) is 5.91 Å². The zero-order valence-corrected chi connectivity index (χ0v) is 19.8. The summed E-state index contributed by atoms with van der Waals surface area (Å²) in [6.45, 7) is -0.163. The van der Waals surface area contributed by atoms with Gasteiger partial charge in [-0.25, -0.2) is 8.42 Å². The van der Waals surface area contributed by atoms with Crippen molar-refractivity contribution < 1.29 is 17.9 Å². The molecule has 0 fully saturated rings. The number of carbonyl (C=O) groups is 1. The molecule has 0 saturated heterocycles. The second-order valence-electron chi connectivity index (χ2n) is 6.58. The Labute approximate surface area is 201 Å². The highest BCUT2D eigenvalue weighted by molar-refractivity contribution is 7.92. The number of hydrogen-bond acceptors (Lipinski definition) is 4. The number of benzene rings is 3. The number of nitrogens with one attached hydrogen (secondary N) is 1. The summed E-state index contributed by atoms with van der Waals surface area (Å²) in [5, 5.41) is 3.59. The molecule has 6 nitrogen and oxygen atoms in total. The lowest BCUT2D eigenvalue weighted by atomic mass is 10.3. The third-order valence-electron chi connectivity index (χ3n) is 4.27. The highest BCUT2D eigenvalue weighted by atomic mass is 35.5. The van der Waals surface area contributed by atoms with Gasteiger partial charge in [0.05, 0.1) is 22.2 Å². The van der Waals surface area contributed by atoms with Gasteiger partial charge in [-0.15, -0.1) is 0 Å². The summed E-state index contributed by atoms with van der Waals surface area (Å²) in [6, 6.07) is 19.1. The Balaban J connectivity index is 1.74. The van der Waals surface area contributed by atoms with Crippen molar-refractivity contribution in [1.29, 1.82) is 0 Å². The number of nitrogens with zero attached hydrogens (tertiary/aromatic N) is 1. The summed E-state index contributed by atoms with van der Waals surface area (Å²) < 4.78 is 33.0. The Hall–Kier alpha value is -2.45. The van der Waals surface area contributed by atoms with Gasteiger partial charge in [-0.2, -0.15) is 0 Å². The van der Waals surface area contributed by atoms with Crippen LogP contribution in [0.4, 0.5) is 5.69 Å². The maximum Gasteiger partial charge on any atom is 0.264 e. The van der Waals surface area contributed by atoms with E-state index in [2.05, 4.69) is 5.32 Å². The van der Waals surface area contributed by atoms with E-state index in [1.807, 2.05) is 0 Å². The van der Waals surface area contributed by atoms with Gasteiger partial charge >= 0.3 is 0 Å². The average molecular weight is 514 g/mol. The monoisotopic (exact) mass is 512 g/mol. The predicted octanol–water partition coefficient (Wildman–Crippen LogP) is 5.04. The van der Waals surface area contributed by atoms with Gasteiger partial charge in [0.1, 0.15) is 18.9 Å². The van der Waals surface area contributed by atoms with Crippen molar-refractivity contribution in [2.45, 2.75) is 4.90 Å². The van der Waals surface area contributed by atoms with Crippen LogP contribution >= 0.6 is 34.8 Å². The summed E-state index contributed by atoms with van der Waals surface area (Å²) in [5.74, 6) is -0.0337. The summed E-state index contributed by atoms with van der Waals surface area (Å²) in [4.78, 5) is 12.6. The number of carbonyl (C=O) groups excluding carboxylic acids is 1. The van der Waals surface area contributed by atoms with Gasteiger partial charge in [0, 0.05) is 10.0 Å². The average Bonchev–Trinajstić information content (AvgIpc) is 2.76. The third kappa shape index (κ3) is 6.29. The molecule has 0 saturated carbocycles. The molecule has 0 atom stereocenters. The molecule has 10 heteroatoms. The molecule has 0 aliphatic heterocycles. The minimum Gasteiger partial charge on any atom is -0.490 e. The first-order valence-corrected chi connectivity index (χ1v) is 12.0. The molecular weight excluding hydrogens is 495 g/mol. The van der Waals surface area contributed by atoms with E-state index in [1.54, 1.807) is 42.5 Å². The number of anilines is 1. The number of para-hydroxylation sites is 1. The van der Waals surface area contributed by atoms with Crippen LogP contribution < -0.4 is 14.4 Å². The molecule has 0 aromatic heterocycles. The van der Waals surface area contributed by atoms with Gasteiger partial charge < -0.3 is 10.1 Å². The second kappa shape index (κ2) is 10.9.